The molecule has 8 heteroatoms. The minimum Gasteiger partial charge on any atom is -0.357 e. The molecule has 2 aromatic rings. The fourth-order valence-corrected chi connectivity index (χ4v) is 3.30. The van der Waals surface area contributed by atoms with E-state index >= 15 is 0 Å². The zero-order valence-electron chi connectivity index (χ0n) is 15.7. The van der Waals surface area contributed by atoms with Gasteiger partial charge in [0.15, 0.2) is 5.96 Å². The van der Waals surface area contributed by atoms with Crippen molar-refractivity contribution in [2.75, 3.05) is 20.6 Å². The molecule has 0 atom stereocenters. The van der Waals surface area contributed by atoms with Crippen LogP contribution in [-0.4, -0.2) is 39.9 Å². The smallest absolute Gasteiger partial charge is 0.240 e. The lowest BCUT2D eigenvalue weighted by Gasteiger charge is -2.22. The van der Waals surface area contributed by atoms with Crippen LogP contribution in [0.3, 0.4) is 0 Å². The van der Waals surface area contributed by atoms with Crippen LogP contribution in [0.2, 0.25) is 0 Å². The Morgan fingerprint density at radius 1 is 1.15 bits per heavy atom. The number of hydrogen-bond acceptors (Lipinski definition) is 3. The fraction of sp³-hybridized carbons (Fsp3) is 0.316. The van der Waals surface area contributed by atoms with Gasteiger partial charge in [-0.1, -0.05) is 24.3 Å². The average Bonchev–Trinajstić information content (AvgIpc) is 2.67. The van der Waals surface area contributed by atoms with Gasteiger partial charge in [-0.25, -0.2) is 22.5 Å². The molecule has 2 rings (SSSR count). The van der Waals surface area contributed by atoms with Crippen molar-refractivity contribution in [1.82, 2.24) is 14.9 Å². The first kappa shape index (κ1) is 20.9. The van der Waals surface area contributed by atoms with E-state index in [1.165, 1.54) is 19.2 Å². The fourth-order valence-electron chi connectivity index (χ4n) is 2.50. The number of nitrogens with zero attached hydrogens (tertiary/aromatic N) is 2. The molecule has 0 saturated heterocycles. The third kappa shape index (κ3) is 6.04. The molecule has 0 saturated carbocycles. The van der Waals surface area contributed by atoms with Crippen molar-refractivity contribution in [1.29, 1.82) is 0 Å². The molecule has 0 amide bonds. The molecule has 27 heavy (non-hydrogen) atoms. The highest BCUT2D eigenvalue weighted by Gasteiger charge is 2.12. The van der Waals surface area contributed by atoms with Crippen LogP contribution in [-0.2, 0) is 23.1 Å². The molecule has 0 radical (unpaired) electrons. The summed E-state index contributed by atoms with van der Waals surface area (Å²) in [5.74, 6) is 0.419. The van der Waals surface area contributed by atoms with Gasteiger partial charge in [-0.3, -0.25) is 0 Å². The lowest BCUT2D eigenvalue weighted by Crippen LogP contribution is -2.38. The van der Waals surface area contributed by atoms with Crippen LogP contribution in [0.4, 0.5) is 4.39 Å². The summed E-state index contributed by atoms with van der Waals surface area (Å²) in [5, 5.41) is 3.21. The van der Waals surface area contributed by atoms with Crippen LogP contribution < -0.4 is 10.0 Å². The second-order valence-electron chi connectivity index (χ2n) is 6.01. The standard InChI is InChI=1S/C19H25FN4O2S/c1-4-22-19(24(3)14-15-8-10-17(20)11-9-15)23-13-16-6-5-7-18(12-16)27(25,26)21-2/h5-12,21H,4,13-14H2,1-3H3,(H,22,23). The van der Waals surface area contributed by atoms with E-state index in [1.807, 2.05) is 24.9 Å². The van der Waals surface area contributed by atoms with Gasteiger partial charge in [0.2, 0.25) is 10.0 Å². The summed E-state index contributed by atoms with van der Waals surface area (Å²) in [6.07, 6.45) is 0. The van der Waals surface area contributed by atoms with E-state index in [4.69, 9.17) is 0 Å². The van der Waals surface area contributed by atoms with Crippen molar-refractivity contribution in [2.24, 2.45) is 4.99 Å². The van der Waals surface area contributed by atoms with Crippen molar-refractivity contribution in [2.45, 2.75) is 24.9 Å². The normalized spacial score (nSPS) is 12.1. The van der Waals surface area contributed by atoms with E-state index in [0.29, 0.717) is 25.6 Å². The summed E-state index contributed by atoms with van der Waals surface area (Å²) in [4.78, 5) is 6.73. The van der Waals surface area contributed by atoms with Crippen molar-refractivity contribution in [3.05, 3.63) is 65.5 Å². The van der Waals surface area contributed by atoms with Gasteiger partial charge >= 0.3 is 0 Å². The summed E-state index contributed by atoms with van der Waals surface area (Å²) in [6, 6.07) is 13.0. The Bertz CT molecular complexity index is 883. The maximum atomic E-state index is 13.1. The van der Waals surface area contributed by atoms with Crippen molar-refractivity contribution in [3.8, 4) is 0 Å². The van der Waals surface area contributed by atoms with Gasteiger partial charge in [-0.15, -0.1) is 0 Å². The molecule has 0 aromatic heterocycles. The molecule has 0 heterocycles. The van der Waals surface area contributed by atoms with Crippen LogP contribution in [0.15, 0.2) is 58.4 Å². The summed E-state index contributed by atoms with van der Waals surface area (Å²) < 4.78 is 39.2. The Labute approximate surface area is 160 Å². The summed E-state index contributed by atoms with van der Waals surface area (Å²) in [6.45, 7) is 3.57. The van der Waals surface area contributed by atoms with E-state index in [9.17, 15) is 12.8 Å². The largest absolute Gasteiger partial charge is 0.357 e. The molecule has 6 nitrogen and oxygen atoms in total. The maximum absolute atomic E-state index is 13.1. The van der Waals surface area contributed by atoms with Crippen LogP contribution in [0.5, 0.6) is 0 Å². The van der Waals surface area contributed by atoms with Crippen molar-refractivity contribution in [3.63, 3.8) is 0 Å². The van der Waals surface area contributed by atoms with E-state index in [0.717, 1.165) is 11.1 Å². The molecule has 0 fully saturated rings. The minimum absolute atomic E-state index is 0.211. The monoisotopic (exact) mass is 392 g/mol. The molecular weight excluding hydrogens is 367 g/mol. The Morgan fingerprint density at radius 2 is 1.85 bits per heavy atom. The van der Waals surface area contributed by atoms with Gasteiger partial charge in [-0.2, -0.15) is 0 Å². The second kappa shape index (κ2) is 9.48. The van der Waals surface area contributed by atoms with Crippen LogP contribution in [0.25, 0.3) is 0 Å². The number of benzene rings is 2. The Morgan fingerprint density at radius 3 is 2.48 bits per heavy atom. The first-order valence-corrected chi connectivity index (χ1v) is 10.1. The maximum Gasteiger partial charge on any atom is 0.240 e. The highest BCUT2D eigenvalue weighted by molar-refractivity contribution is 7.89. The van der Waals surface area contributed by atoms with Crippen molar-refractivity contribution < 1.29 is 12.8 Å². The van der Waals surface area contributed by atoms with Gasteiger partial charge in [0.1, 0.15) is 5.82 Å². The van der Waals surface area contributed by atoms with Crippen molar-refractivity contribution >= 4 is 16.0 Å². The third-order valence-corrected chi connectivity index (χ3v) is 5.33. The minimum atomic E-state index is -3.49. The van der Waals surface area contributed by atoms with Gasteiger partial charge in [-0.05, 0) is 49.4 Å². The number of hydrogen-bond donors (Lipinski definition) is 2. The predicted octanol–water partition coefficient (Wildman–Crippen LogP) is 2.33. The average molecular weight is 393 g/mol. The molecule has 0 spiro atoms. The number of sulfonamides is 1. The Kier molecular flexibility index (Phi) is 7.32. The van der Waals surface area contributed by atoms with Gasteiger partial charge in [0.05, 0.1) is 11.4 Å². The van der Waals surface area contributed by atoms with E-state index in [2.05, 4.69) is 15.0 Å². The van der Waals surface area contributed by atoms with E-state index < -0.39 is 10.0 Å². The lowest BCUT2D eigenvalue weighted by atomic mass is 10.2. The third-order valence-electron chi connectivity index (χ3n) is 3.92. The number of nitrogens with one attached hydrogen (secondary N) is 2. The quantitative estimate of drug-likeness (QED) is 0.560. The van der Waals surface area contributed by atoms with E-state index in [1.54, 1.807) is 30.3 Å². The molecule has 0 bridgehead atoms. The van der Waals surface area contributed by atoms with Crippen LogP contribution in [0.1, 0.15) is 18.1 Å². The highest BCUT2D eigenvalue weighted by Crippen LogP contribution is 2.12. The first-order valence-electron chi connectivity index (χ1n) is 8.62. The topological polar surface area (TPSA) is 73.8 Å². The van der Waals surface area contributed by atoms with Crippen LogP contribution >= 0.6 is 0 Å². The van der Waals surface area contributed by atoms with E-state index in [-0.39, 0.29) is 10.7 Å². The molecule has 0 aliphatic heterocycles. The summed E-state index contributed by atoms with van der Waals surface area (Å²) in [5.41, 5.74) is 1.75. The predicted molar refractivity (Wildman–Crippen MR) is 105 cm³/mol. The number of guanidine groups is 1. The SMILES string of the molecule is CCNC(=NCc1cccc(S(=O)(=O)NC)c1)N(C)Cc1ccc(F)cc1. The Hall–Kier alpha value is -2.45. The Balaban J connectivity index is 2.15. The first-order chi connectivity index (χ1) is 12.9. The zero-order chi connectivity index (χ0) is 19.9. The summed E-state index contributed by atoms with van der Waals surface area (Å²) >= 11 is 0. The lowest BCUT2D eigenvalue weighted by molar-refractivity contribution is 0.476. The molecule has 2 N–H and O–H groups in total. The highest BCUT2D eigenvalue weighted by atomic mass is 32.2. The zero-order valence-corrected chi connectivity index (χ0v) is 16.6. The van der Waals surface area contributed by atoms with Gasteiger partial charge in [0, 0.05) is 20.1 Å². The number of halogens is 1. The van der Waals surface area contributed by atoms with Gasteiger partial charge in [0.25, 0.3) is 0 Å². The molecule has 146 valence electrons. The number of aliphatic imine (C=N–C) groups is 1. The van der Waals surface area contributed by atoms with Gasteiger partial charge < -0.3 is 10.2 Å². The van der Waals surface area contributed by atoms with Crippen LogP contribution in [0, 0.1) is 5.82 Å². The molecule has 0 aliphatic rings. The second-order valence-corrected chi connectivity index (χ2v) is 7.89. The number of rotatable bonds is 7. The molecule has 0 unspecified atom stereocenters. The summed E-state index contributed by atoms with van der Waals surface area (Å²) in [7, 11) is -0.207. The molecular formula is C19H25FN4O2S. The molecule has 0 aliphatic carbocycles. The molecule has 2 aromatic carbocycles.